The van der Waals surface area contributed by atoms with Gasteiger partial charge in [0, 0.05) is 30.1 Å². The van der Waals surface area contributed by atoms with Gasteiger partial charge in [0.2, 0.25) is 0 Å². The van der Waals surface area contributed by atoms with E-state index in [1.807, 2.05) is 37.4 Å². The lowest BCUT2D eigenvalue weighted by molar-refractivity contribution is 0.588. The van der Waals surface area contributed by atoms with Gasteiger partial charge < -0.3 is 25.8 Å². The summed E-state index contributed by atoms with van der Waals surface area (Å²) in [6.07, 6.45) is 4.03. The highest BCUT2D eigenvalue weighted by atomic mass is 35.5. The van der Waals surface area contributed by atoms with Gasteiger partial charge in [-0.3, -0.25) is 0 Å². The molecule has 1 saturated carbocycles. The van der Waals surface area contributed by atoms with Crippen LogP contribution in [0.3, 0.4) is 0 Å². The summed E-state index contributed by atoms with van der Waals surface area (Å²) in [4.78, 5) is 9.15. The molecule has 3 aromatic rings. The predicted octanol–water partition coefficient (Wildman–Crippen LogP) is 5.37. The van der Waals surface area contributed by atoms with E-state index in [1.165, 1.54) is 18.4 Å². The molecule has 4 N–H and O–H groups in total. The molecule has 0 spiro atoms. The third-order valence-electron chi connectivity index (χ3n) is 5.44. The average molecular weight is 485 g/mol. The maximum atomic E-state index is 12.7. The first-order valence-corrected chi connectivity index (χ1v) is 14.1. The second-order valence-corrected chi connectivity index (χ2v) is 12.2. The van der Waals surface area contributed by atoms with E-state index in [0.29, 0.717) is 22.4 Å². The van der Waals surface area contributed by atoms with E-state index in [1.54, 1.807) is 19.5 Å². The van der Waals surface area contributed by atoms with Crippen LogP contribution >= 0.6 is 18.7 Å². The van der Waals surface area contributed by atoms with Gasteiger partial charge in [-0.25, -0.2) is 9.97 Å². The Labute approximate surface area is 200 Å². The fraction of sp³-hybridized carbons (Fsp3) is 0.333. The Morgan fingerprint density at radius 3 is 2.48 bits per heavy atom. The summed E-state index contributed by atoms with van der Waals surface area (Å²) in [5.41, 5.74) is 2.73. The van der Waals surface area contributed by atoms with Crippen molar-refractivity contribution >= 4 is 52.9 Å². The number of halogens is 1. The normalized spacial score (nSPS) is 13.6. The van der Waals surface area contributed by atoms with E-state index < -0.39 is 7.14 Å². The van der Waals surface area contributed by atoms with Gasteiger partial charge in [0.05, 0.1) is 16.9 Å². The molecule has 0 unspecified atom stereocenters. The van der Waals surface area contributed by atoms with Gasteiger partial charge in [0.1, 0.15) is 24.6 Å². The summed E-state index contributed by atoms with van der Waals surface area (Å²) in [5, 5.41) is 14.4. The zero-order chi connectivity index (χ0) is 23.4. The minimum absolute atomic E-state index is 0.478. The maximum absolute atomic E-state index is 12.7. The largest absolute Gasteiger partial charge is 0.369 e. The molecular formula is C24H30ClN6OP. The van der Waals surface area contributed by atoms with Crippen LogP contribution in [0, 0.1) is 0 Å². The summed E-state index contributed by atoms with van der Waals surface area (Å²) in [5.74, 6) is 2.81. The number of rotatable bonds is 10. The molecule has 0 amide bonds. The molecule has 2 aromatic heterocycles. The first-order valence-electron chi connectivity index (χ1n) is 11.1. The molecule has 2 heterocycles. The molecule has 174 valence electrons. The Bertz CT molecular complexity index is 1180. The van der Waals surface area contributed by atoms with E-state index in [-0.39, 0.29) is 0 Å². The van der Waals surface area contributed by atoms with E-state index in [0.717, 1.165) is 35.7 Å². The van der Waals surface area contributed by atoms with Crippen molar-refractivity contribution in [3.63, 3.8) is 0 Å². The van der Waals surface area contributed by atoms with Crippen molar-refractivity contribution in [2.75, 3.05) is 49.4 Å². The molecule has 1 fully saturated rings. The molecule has 1 aliphatic carbocycles. The quantitative estimate of drug-likeness (QED) is 0.227. The monoisotopic (exact) mass is 484 g/mol. The molecule has 0 aliphatic heterocycles. The van der Waals surface area contributed by atoms with Crippen molar-refractivity contribution in [3.8, 4) is 0 Å². The summed E-state index contributed by atoms with van der Waals surface area (Å²) in [6.45, 7) is 5.17. The van der Waals surface area contributed by atoms with Crippen LogP contribution in [-0.2, 0) is 4.57 Å². The predicted molar refractivity (Wildman–Crippen MR) is 140 cm³/mol. The van der Waals surface area contributed by atoms with Crippen molar-refractivity contribution in [1.29, 1.82) is 0 Å². The second kappa shape index (κ2) is 10.1. The minimum Gasteiger partial charge on any atom is -0.369 e. The Hall–Kier alpha value is -2.60. The van der Waals surface area contributed by atoms with Crippen molar-refractivity contribution in [2.24, 2.45) is 0 Å². The van der Waals surface area contributed by atoms with Crippen LogP contribution in [0.25, 0.3) is 0 Å². The zero-order valence-electron chi connectivity index (χ0n) is 19.2. The van der Waals surface area contributed by atoms with E-state index in [4.69, 9.17) is 16.6 Å². The summed E-state index contributed by atoms with van der Waals surface area (Å²) in [7, 11) is -0.530. The number of aromatic nitrogens is 2. The molecule has 0 saturated heterocycles. The van der Waals surface area contributed by atoms with Crippen LogP contribution in [0.5, 0.6) is 0 Å². The highest BCUT2D eigenvalue weighted by Gasteiger charge is 2.25. The number of nitrogens with zero attached hydrogens (tertiary/aromatic N) is 2. The van der Waals surface area contributed by atoms with Gasteiger partial charge in [0.15, 0.2) is 0 Å². The van der Waals surface area contributed by atoms with Gasteiger partial charge in [0.25, 0.3) is 0 Å². The highest BCUT2D eigenvalue weighted by molar-refractivity contribution is 7.70. The molecule has 7 nitrogen and oxygen atoms in total. The molecule has 33 heavy (non-hydrogen) atoms. The van der Waals surface area contributed by atoms with E-state index in [9.17, 15) is 4.57 Å². The average Bonchev–Trinajstić information content (AvgIpc) is 3.61. The summed E-state index contributed by atoms with van der Waals surface area (Å²) >= 11 is 6.43. The first-order chi connectivity index (χ1) is 15.8. The van der Waals surface area contributed by atoms with Gasteiger partial charge in [-0.2, -0.15) is 0 Å². The molecule has 0 radical (unpaired) electrons. The fourth-order valence-electron chi connectivity index (χ4n) is 3.60. The SMILES string of the molecule is CNCCNc1cc(C2CC2)cc(Nc2cc(Nc3ccccc3P(C)(C)=O)c(Cl)cn2)n1. The van der Waals surface area contributed by atoms with Crippen LogP contribution in [-0.4, -0.2) is 43.4 Å². The molecular weight excluding hydrogens is 455 g/mol. The summed E-state index contributed by atoms with van der Waals surface area (Å²) in [6, 6.07) is 13.6. The van der Waals surface area contributed by atoms with Gasteiger partial charge in [-0.05, 0) is 69.0 Å². The Balaban J connectivity index is 1.58. The standard InChI is InChI=1S/C24H30ClN6OP/c1-26-10-11-27-22-12-17(16-8-9-16)13-24(30-22)31-23-14-20(18(25)15-28-23)29-19-6-4-5-7-21(19)33(2,3)32/h4-7,12-16,26H,8-11H2,1-3H3,(H3,27,28,29,30,31). The Kier molecular flexibility index (Phi) is 7.23. The van der Waals surface area contributed by atoms with Gasteiger partial charge in [-0.1, -0.05) is 23.7 Å². The molecule has 9 heteroatoms. The van der Waals surface area contributed by atoms with Crippen LogP contribution < -0.4 is 26.6 Å². The first kappa shape index (κ1) is 23.6. The maximum Gasteiger partial charge on any atom is 0.134 e. The number of likely N-dealkylation sites (N-methyl/N-ethyl adjacent to an activating group) is 1. The van der Waals surface area contributed by atoms with Gasteiger partial charge >= 0.3 is 0 Å². The molecule has 1 aliphatic rings. The lowest BCUT2D eigenvalue weighted by Gasteiger charge is -2.17. The van der Waals surface area contributed by atoms with Gasteiger partial charge in [-0.15, -0.1) is 0 Å². The number of benzene rings is 1. The highest BCUT2D eigenvalue weighted by Crippen LogP contribution is 2.42. The fourth-order valence-corrected chi connectivity index (χ4v) is 4.91. The van der Waals surface area contributed by atoms with Crippen LogP contribution in [0.1, 0.15) is 24.3 Å². The number of nitrogens with one attached hydrogen (secondary N) is 4. The topological polar surface area (TPSA) is 91.0 Å². The van der Waals surface area contributed by atoms with Crippen LogP contribution in [0.4, 0.5) is 28.8 Å². The molecule has 0 atom stereocenters. The molecule has 4 rings (SSSR count). The van der Waals surface area contributed by atoms with Crippen molar-refractivity contribution in [2.45, 2.75) is 18.8 Å². The van der Waals surface area contributed by atoms with Crippen molar-refractivity contribution < 1.29 is 4.57 Å². The Morgan fingerprint density at radius 2 is 1.76 bits per heavy atom. The smallest absolute Gasteiger partial charge is 0.134 e. The van der Waals surface area contributed by atoms with Crippen LogP contribution in [0.15, 0.2) is 48.7 Å². The second-order valence-electron chi connectivity index (χ2n) is 8.64. The number of hydrogen-bond donors (Lipinski definition) is 4. The third-order valence-corrected chi connectivity index (χ3v) is 7.29. The van der Waals surface area contributed by atoms with E-state index >= 15 is 0 Å². The number of hydrogen-bond acceptors (Lipinski definition) is 7. The number of anilines is 5. The zero-order valence-corrected chi connectivity index (χ0v) is 20.8. The lowest BCUT2D eigenvalue weighted by atomic mass is 10.1. The third kappa shape index (κ3) is 6.26. The van der Waals surface area contributed by atoms with E-state index in [2.05, 4.69) is 38.4 Å². The van der Waals surface area contributed by atoms with Crippen molar-refractivity contribution in [3.05, 3.63) is 59.2 Å². The number of pyridine rings is 2. The van der Waals surface area contributed by atoms with Crippen LogP contribution in [0.2, 0.25) is 5.02 Å². The molecule has 0 bridgehead atoms. The minimum atomic E-state index is -2.46. The van der Waals surface area contributed by atoms with Crippen molar-refractivity contribution in [1.82, 2.24) is 15.3 Å². The summed E-state index contributed by atoms with van der Waals surface area (Å²) < 4.78 is 12.7. The lowest BCUT2D eigenvalue weighted by Crippen LogP contribution is -2.18. The molecule has 1 aromatic carbocycles. The Morgan fingerprint density at radius 1 is 1.00 bits per heavy atom. The number of para-hydroxylation sites is 1.